The average Bonchev–Trinajstić information content (AvgIpc) is 2.81. The second-order valence-corrected chi connectivity index (χ2v) is 4.80. The number of amides is 1. The van der Waals surface area contributed by atoms with Gasteiger partial charge in [-0.2, -0.15) is 0 Å². The third-order valence-electron chi connectivity index (χ3n) is 2.77. The van der Waals surface area contributed by atoms with E-state index < -0.39 is 4.92 Å². The molecule has 1 aromatic heterocycles. The molecule has 104 valence electrons. The Kier molecular flexibility index (Phi) is 4.19. The minimum Gasteiger partial charge on any atom is -0.340 e. The molecule has 1 N–H and O–H groups in total. The van der Waals surface area contributed by atoms with Crippen LogP contribution in [0.1, 0.15) is 16.1 Å². The summed E-state index contributed by atoms with van der Waals surface area (Å²) in [6.07, 6.45) is 1.31. The molecule has 0 spiro atoms. The molecule has 20 heavy (non-hydrogen) atoms. The molecule has 0 atom stereocenters. The lowest BCUT2D eigenvalue weighted by Crippen LogP contribution is -2.15. The highest BCUT2D eigenvalue weighted by atomic mass is 79.9. The Morgan fingerprint density at radius 3 is 2.80 bits per heavy atom. The highest BCUT2D eigenvalue weighted by Crippen LogP contribution is 2.18. The SMILES string of the molecule is Cn1cc([N+](=O)[O-])cc1C(=O)Nc1cccc(CBr)c1. The molecule has 0 saturated carbocycles. The van der Waals surface area contributed by atoms with Crippen molar-refractivity contribution in [3.05, 3.63) is 57.9 Å². The summed E-state index contributed by atoms with van der Waals surface area (Å²) in [5.41, 5.74) is 1.81. The smallest absolute Gasteiger partial charge is 0.287 e. The first-order chi connectivity index (χ1) is 9.51. The van der Waals surface area contributed by atoms with Crippen molar-refractivity contribution in [3.8, 4) is 0 Å². The van der Waals surface area contributed by atoms with Crippen molar-refractivity contribution < 1.29 is 9.72 Å². The molecule has 7 heteroatoms. The molecule has 0 unspecified atom stereocenters. The van der Waals surface area contributed by atoms with Crippen molar-refractivity contribution >= 4 is 33.2 Å². The molecule has 1 amide bonds. The number of benzene rings is 1. The van der Waals surface area contributed by atoms with Gasteiger partial charge in [-0.1, -0.05) is 28.1 Å². The number of carbonyl (C=O) groups is 1. The number of alkyl halides is 1. The Balaban J connectivity index is 2.21. The summed E-state index contributed by atoms with van der Waals surface area (Å²) in [5.74, 6) is -0.382. The second-order valence-electron chi connectivity index (χ2n) is 4.24. The van der Waals surface area contributed by atoms with Crippen LogP contribution in [0.3, 0.4) is 0 Å². The summed E-state index contributed by atoms with van der Waals surface area (Å²) in [4.78, 5) is 22.3. The van der Waals surface area contributed by atoms with Crippen LogP contribution in [0.4, 0.5) is 11.4 Å². The van der Waals surface area contributed by atoms with E-state index >= 15 is 0 Å². The van der Waals surface area contributed by atoms with Gasteiger partial charge in [-0.3, -0.25) is 14.9 Å². The van der Waals surface area contributed by atoms with Crippen LogP contribution in [0.25, 0.3) is 0 Å². The zero-order valence-electron chi connectivity index (χ0n) is 10.7. The van der Waals surface area contributed by atoms with Gasteiger partial charge < -0.3 is 9.88 Å². The van der Waals surface area contributed by atoms with E-state index in [1.54, 1.807) is 13.1 Å². The Bertz CT molecular complexity index is 667. The molecule has 1 heterocycles. The maximum absolute atomic E-state index is 12.1. The zero-order valence-corrected chi connectivity index (χ0v) is 12.3. The highest BCUT2D eigenvalue weighted by molar-refractivity contribution is 9.08. The van der Waals surface area contributed by atoms with Crippen LogP contribution in [0.15, 0.2) is 36.5 Å². The number of nitro groups is 1. The Morgan fingerprint density at radius 1 is 1.45 bits per heavy atom. The summed E-state index contributed by atoms with van der Waals surface area (Å²) in [6.45, 7) is 0. The summed E-state index contributed by atoms with van der Waals surface area (Å²) >= 11 is 3.34. The highest BCUT2D eigenvalue weighted by Gasteiger charge is 2.17. The lowest BCUT2D eigenvalue weighted by atomic mass is 10.2. The quantitative estimate of drug-likeness (QED) is 0.529. The van der Waals surface area contributed by atoms with E-state index in [1.165, 1.54) is 16.8 Å². The van der Waals surface area contributed by atoms with Crippen molar-refractivity contribution in [3.63, 3.8) is 0 Å². The number of hydrogen-bond acceptors (Lipinski definition) is 3. The zero-order chi connectivity index (χ0) is 14.7. The Morgan fingerprint density at radius 2 is 2.20 bits per heavy atom. The third-order valence-corrected chi connectivity index (χ3v) is 3.42. The summed E-state index contributed by atoms with van der Waals surface area (Å²) in [6, 6.07) is 8.62. The van der Waals surface area contributed by atoms with Gasteiger partial charge >= 0.3 is 0 Å². The first kappa shape index (κ1) is 14.3. The fourth-order valence-corrected chi connectivity index (χ4v) is 2.15. The topological polar surface area (TPSA) is 77.2 Å². The molecular weight excluding hydrogens is 326 g/mol. The van der Waals surface area contributed by atoms with Gasteiger partial charge in [-0.15, -0.1) is 0 Å². The van der Waals surface area contributed by atoms with Gasteiger partial charge in [0.25, 0.3) is 11.6 Å². The number of nitrogens with one attached hydrogen (secondary N) is 1. The predicted molar refractivity (Wildman–Crippen MR) is 79.1 cm³/mol. The number of aromatic nitrogens is 1. The van der Waals surface area contributed by atoms with E-state index in [0.717, 1.165) is 5.56 Å². The summed E-state index contributed by atoms with van der Waals surface area (Å²) in [7, 11) is 1.59. The number of nitrogens with zero attached hydrogens (tertiary/aromatic N) is 2. The molecule has 2 aromatic rings. The molecule has 0 aliphatic heterocycles. The summed E-state index contributed by atoms with van der Waals surface area (Å²) in [5, 5.41) is 14.1. The maximum Gasteiger partial charge on any atom is 0.287 e. The van der Waals surface area contributed by atoms with Gasteiger partial charge in [0, 0.05) is 24.1 Å². The van der Waals surface area contributed by atoms with Gasteiger partial charge in [0.1, 0.15) is 5.69 Å². The molecule has 0 bridgehead atoms. The van der Waals surface area contributed by atoms with Crippen molar-refractivity contribution in [2.24, 2.45) is 7.05 Å². The number of aryl methyl sites for hydroxylation is 1. The largest absolute Gasteiger partial charge is 0.340 e. The van der Waals surface area contributed by atoms with Crippen LogP contribution < -0.4 is 5.32 Å². The molecule has 0 aliphatic carbocycles. The third kappa shape index (κ3) is 3.05. The molecule has 1 aromatic carbocycles. The molecule has 0 aliphatic rings. The molecular formula is C13H12BrN3O3. The van der Waals surface area contributed by atoms with E-state index in [9.17, 15) is 14.9 Å². The van der Waals surface area contributed by atoms with Crippen LogP contribution >= 0.6 is 15.9 Å². The molecule has 0 saturated heterocycles. The normalized spacial score (nSPS) is 10.3. The first-order valence-electron chi connectivity index (χ1n) is 5.78. The van der Waals surface area contributed by atoms with Gasteiger partial charge in [0.2, 0.25) is 0 Å². The fourth-order valence-electron chi connectivity index (χ4n) is 1.80. The lowest BCUT2D eigenvalue weighted by Gasteiger charge is -2.06. The minimum atomic E-state index is -0.526. The second kappa shape index (κ2) is 5.87. The fraction of sp³-hybridized carbons (Fsp3) is 0.154. The van der Waals surface area contributed by atoms with Gasteiger partial charge in [0.15, 0.2) is 0 Å². The van der Waals surface area contributed by atoms with Gasteiger partial charge in [-0.05, 0) is 17.7 Å². The van der Waals surface area contributed by atoms with Gasteiger partial charge in [0.05, 0.1) is 11.1 Å². The molecule has 2 rings (SSSR count). The molecule has 0 radical (unpaired) electrons. The molecule has 6 nitrogen and oxygen atoms in total. The molecule has 0 fully saturated rings. The monoisotopic (exact) mass is 337 g/mol. The minimum absolute atomic E-state index is 0.105. The van der Waals surface area contributed by atoms with E-state index in [0.29, 0.717) is 11.0 Å². The van der Waals surface area contributed by atoms with Crippen LogP contribution in [0.2, 0.25) is 0 Å². The summed E-state index contributed by atoms with van der Waals surface area (Å²) < 4.78 is 1.43. The standard InChI is InChI=1S/C13H12BrN3O3/c1-16-8-11(17(19)20)6-12(16)13(18)15-10-4-2-3-9(5-10)7-14/h2-6,8H,7H2,1H3,(H,15,18). The average molecular weight is 338 g/mol. The predicted octanol–water partition coefficient (Wildman–Crippen LogP) is 3.08. The Hall–Kier alpha value is -2.15. The van der Waals surface area contributed by atoms with Crippen molar-refractivity contribution in [2.75, 3.05) is 5.32 Å². The van der Waals surface area contributed by atoms with Crippen LogP contribution in [-0.4, -0.2) is 15.4 Å². The first-order valence-corrected chi connectivity index (χ1v) is 6.90. The number of rotatable bonds is 4. The van der Waals surface area contributed by atoms with Crippen LogP contribution in [0, 0.1) is 10.1 Å². The van der Waals surface area contributed by atoms with Crippen molar-refractivity contribution in [1.82, 2.24) is 4.57 Å². The number of halogens is 1. The van der Waals surface area contributed by atoms with E-state index in [4.69, 9.17) is 0 Å². The lowest BCUT2D eigenvalue weighted by molar-refractivity contribution is -0.384. The number of anilines is 1. The van der Waals surface area contributed by atoms with Crippen molar-refractivity contribution in [2.45, 2.75) is 5.33 Å². The number of carbonyl (C=O) groups excluding carboxylic acids is 1. The van der Waals surface area contributed by atoms with Crippen LogP contribution in [-0.2, 0) is 12.4 Å². The maximum atomic E-state index is 12.1. The van der Waals surface area contributed by atoms with Crippen molar-refractivity contribution in [1.29, 1.82) is 0 Å². The Labute approximate surface area is 123 Å². The van der Waals surface area contributed by atoms with E-state index in [2.05, 4.69) is 21.2 Å². The van der Waals surface area contributed by atoms with Gasteiger partial charge in [-0.25, -0.2) is 0 Å². The van der Waals surface area contributed by atoms with Crippen LogP contribution in [0.5, 0.6) is 0 Å². The number of hydrogen-bond donors (Lipinski definition) is 1. The van der Waals surface area contributed by atoms with E-state index in [1.807, 2.05) is 18.2 Å². The van der Waals surface area contributed by atoms with E-state index in [-0.39, 0.29) is 17.3 Å².